The fourth-order valence-electron chi connectivity index (χ4n) is 1.03. The molecule has 0 saturated carbocycles. The number of methoxy groups -OCH3 is 3. The molecule has 0 aromatic carbocycles. The third kappa shape index (κ3) is 8.60. The van der Waals surface area contributed by atoms with Crippen molar-refractivity contribution in [2.75, 3.05) is 54.3 Å². The van der Waals surface area contributed by atoms with Crippen LogP contribution in [-0.4, -0.2) is 66.3 Å². The van der Waals surface area contributed by atoms with Gasteiger partial charge in [-0.3, -0.25) is 4.79 Å². The largest absolute Gasteiger partial charge is 0.382 e. The summed E-state index contributed by atoms with van der Waals surface area (Å²) in [6.07, 6.45) is -0.0697. The number of nitrogens with one attached hydrogen (secondary N) is 1. The summed E-state index contributed by atoms with van der Waals surface area (Å²) in [5.41, 5.74) is 0. The lowest BCUT2D eigenvalue weighted by Crippen LogP contribution is -2.31. The van der Waals surface area contributed by atoms with E-state index >= 15 is 0 Å². The fourth-order valence-corrected chi connectivity index (χ4v) is 1.03. The Balaban J connectivity index is 3.34. The average Bonchev–Trinajstić information content (AvgIpc) is 2.27. The standard InChI is InChI=1S/C10H21NO5/c1-13-6-9(15-3)7-16-5-4-11-10(12)8-14-2/h9H,4-8H2,1-3H3,(H,11,12). The Morgan fingerprint density at radius 2 is 1.94 bits per heavy atom. The van der Waals surface area contributed by atoms with E-state index < -0.39 is 0 Å². The van der Waals surface area contributed by atoms with E-state index in [0.717, 1.165) is 0 Å². The van der Waals surface area contributed by atoms with Gasteiger partial charge in [-0.15, -0.1) is 0 Å². The predicted octanol–water partition coefficient (Wildman–Crippen LogP) is -0.573. The van der Waals surface area contributed by atoms with Gasteiger partial charge in [0, 0.05) is 27.9 Å². The van der Waals surface area contributed by atoms with Crippen molar-refractivity contribution in [1.29, 1.82) is 0 Å². The van der Waals surface area contributed by atoms with Crippen LogP contribution in [0.5, 0.6) is 0 Å². The Kier molecular flexibility index (Phi) is 10.3. The van der Waals surface area contributed by atoms with Crippen LogP contribution in [0.2, 0.25) is 0 Å². The van der Waals surface area contributed by atoms with Crippen LogP contribution in [0, 0.1) is 0 Å². The predicted molar refractivity (Wildman–Crippen MR) is 58.4 cm³/mol. The molecule has 0 fully saturated rings. The molecule has 1 unspecified atom stereocenters. The highest BCUT2D eigenvalue weighted by molar-refractivity contribution is 5.77. The van der Waals surface area contributed by atoms with Crippen LogP contribution in [0.25, 0.3) is 0 Å². The third-order valence-corrected chi connectivity index (χ3v) is 1.83. The first kappa shape index (κ1) is 15.3. The van der Waals surface area contributed by atoms with E-state index in [1.54, 1.807) is 14.2 Å². The Bertz CT molecular complexity index is 177. The first-order valence-corrected chi connectivity index (χ1v) is 5.09. The van der Waals surface area contributed by atoms with E-state index in [-0.39, 0.29) is 18.6 Å². The van der Waals surface area contributed by atoms with E-state index in [1.165, 1.54) is 7.11 Å². The lowest BCUT2D eigenvalue weighted by molar-refractivity contribution is -0.125. The van der Waals surface area contributed by atoms with Gasteiger partial charge in [-0.05, 0) is 0 Å². The molecule has 0 aliphatic rings. The van der Waals surface area contributed by atoms with E-state index in [9.17, 15) is 4.79 Å². The van der Waals surface area contributed by atoms with Gasteiger partial charge in [0.25, 0.3) is 0 Å². The molecule has 0 aliphatic carbocycles. The molecule has 0 aromatic rings. The fraction of sp³-hybridized carbons (Fsp3) is 0.900. The second kappa shape index (κ2) is 10.8. The minimum Gasteiger partial charge on any atom is -0.382 e. The topological polar surface area (TPSA) is 66.0 Å². The zero-order valence-electron chi connectivity index (χ0n) is 10.2. The molecule has 0 rings (SSSR count). The van der Waals surface area contributed by atoms with Crippen LogP contribution in [-0.2, 0) is 23.7 Å². The van der Waals surface area contributed by atoms with Crippen LogP contribution in [0.3, 0.4) is 0 Å². The highest BCUT2D eigenvalue weighted by Gasteiger charge is 2.06. The average molecular weight is 235 g/mol. The number of carbonyl (C=O) groups is 1. The lowest BCUT2D eigenvalue weighted by Gasteiger charge is -2.14. The second-order valence-electron chi connectivity index (χ2n) is 3.17. The molecular formula is C10H21NO5. The number of hydrogen-bond donors (Lipinski definition) is 1. The molecule has 0 aliphatic heterocycles. The number of carbonyl (C=O) groups excluding carboxylic acids is 1. The summed E-state index contributed by atoms with van der Waals surface area (Å²) >= 11 is 0. The second-order valence-corrected chi connectivity index (χ2v) is 3.17. The van der Waals surface area contributed by atoms with Crippen LogP contribution in [0.4, 0.5) is 0 Å². The molecule has 0 aromatic heterocycles. The smallest absolute Gasteiger partial charge is 0.246 e. The van der Waals surface area contributed by atoms with Gasteiger partial charge in [0.2, 0.25) is 5.91 Å². The van der Waals surface area contributed by atoms with Crippen molar-refractivity contribution >= 4 is 5.91 Å². The number of rotatable bonds is 10. The molecule has 1 N–H and O–H groups in total. The normalized spacial score (nSPS) is 12.4. The summed E-state index contributed by atoms with van der Waals surface area (Å²) in [7, 11) is 4.69. The highest BCUT2D eigenvalue weighted by Crippen LogP contribution is 1.91. The summed E-state index contributed by atoms with van der Waals surface area (Å²) in [5, 5.41) is 2.65. The van der Waals surface area contributed by atoms with Gasteiger partial charge in [0.1, 0.15) is 12.7 Å². The van der Waals surface area contributed by atoms with Crippen molar-refractivity contribution in [1.82, 2.24) is 5.32 Å². The minimum atomic E-state index is -0.147. The van der Waals surface area contributed by atoms with Gasteiger partial charge >= 0.3 is 0 Å². The molecule has 0 heterocycles. The van der Waals surface area contributed by atoms with E-state index in [1.807, 2.05) is 0 Å². The maximum absolute atomic E-state index is 11.0. The van der Waals surface area contributed by atoms with Gasteiger partial charge in [0.05, 0.1) is 19.8 Å². The molecule has 1 amide bonds. The SMILES string of the molecule is COCC(=O)NCCOCC(COC)OC. The van der Waals surface area contributed by atoms with Gasteiger partial charge in [-0.25, -0.2) is 0 Å². The zero-order chi connectivity index (χ0) is 12.2. The van der Waals surface area contributed by atoms with Crippen molar-refractivity contribution in [2.24, 2.45) is 0 Å². The van der Waals surface area contributed by atoms with Crippen LogP contribution >= 0.6 is 0 Å². The van der Waals surface area contributed by atoms with Crippen molar-refractivity contribution in [3.05, 3.63) is 0 Å². The molecule has 16 heavy (non-hydrogen) atoms. The maximum Gasteiger partial charge on any atom is 0.246 e. The van der Waals surface area contributed by atoms with Crippen LogP contribution in [0.1, 0.15) is 0 Å². The van der Waals surface area contributed by atoms with Crippen molar-refractivity contribution in [3.63, 3.8) is 0 Å². The van der Waals surface area contributed by atoms with Gasteiger partial charge in [-0.1, -0.05) is 0 Å². The molecule has 0 bridgehead atoms. The van der Waals surface area contributed by atoms with Gasteiger partial charge in [-0.2, -0.15) is 0 Å². The molecule has 6 heteroatoms. The molecule has 1 atom stereocenters. The van der Waals surface area contributed by atoms with Gasteiger partial charge in [0.15, 0.2) is 0 Å². The highest BCUT2D eigenvalue weighted by atomic mass is 16.5. The van der Waals surface area contributed by atoms with Crippen LogP contribution in [0.15, 0.2) is 0 Å². The summed E-state index contributed by atoms with van der Waals surface area (Å²) in [6, 6.07) is 0. The molecule has 0 spiro atoms. The first-order chi connectivity index (χ1) is 7.74. The monoisotopic (exact) mass is 235 g/mol. The molecule has 6 nitrogen and oxygen atoms in total. The first-order valence-electron chi connectivity index (χ1n) is 5.09. The van der Waals surface area contributed by atoms with Crippen molar-refractivity contribution in [2.45, 2.75) is 6.10 Å². The molecule has 0 saturated heterocycles. The van der Waals surface area contributed by atoms with Crippen molar-refractivity contribution < 1.29 is 23.7 Å². The Hall–Kier alpha value is -0.690. The summed E-state index contributed by atoms with van der Waals surface area (Å²) < 4.78 is 20.0. The number of hydrogen-bond acceptors (Lipinski definition) is 5. The summed E-state index contributed by atoms with van der Waals surface area (Å²) in [4.78, 5) is 11.0. The van der Waals surface area contributed by atoms with Crippen LogP contribution < -0.4 is 5.32 Å². The van der Waals surface area contributed by atoms with Crippen molar-refractivity contribution in [3.8, 4) is 0 Å². The quantitative estimate of drug-likeness (QED) is 0.514. The minimum absolute atomic E-state index is 0.0697. The number of ether oxygens (including phenoxy) is 4. The Labute approximate surface area is 96.2 Å². The zero-order valence-corrected chi connectivity index (χ0v) is 10.2. The Morgan fingerprint density at radius 1 is 1.19 bits per heavy atom. The molecular weight excluding hydrogens is 214 g/mol. The molecule has 0 radical (unpaired) electrons. The third-order valence-electron chi connectivity index (χ3n) is 1.83. The van der Waals surface area contributed by atoms with E-state index in [4.69, 9.17) is 14.2 Å². The van der Waals surface area contributed by atoms with E-state index in [2.05, 4.69) is 10.1 Å². The molecule has 96 valence electrons. The van der Waals surface area contributed by atoms with Gasteiger partial charge < -0.3 is 24.3 Å². The lowest BCUT2D eigenvalue weighted by atomic mass is 10.4. The number of amides is 1. The Morgan fingerprint density at radius 3 is 2.50 bits per heavy atom. The summed E-state index contributed by atoms with van der Waals surface area (Å²) in [5.74, 6) is -0.147. The van der Waals surface area contributed by atoms with E-state index in [0.29, 0.717) is 26.4 Å². The summed E-state index contributed by atoms with van der Waals surface area (Å²) in [6.45, 7) is 1.92. The maximum atomic E-state index is 11.0.